The summed E-state index contributed by atoms with van der Waals surface area (Å²) in [6.45, 7) is 8.28. The van der Waals surface area contributed by atoms with Crippen LogP contribution < -0.4 is 15.7 Å². The fraction of sp³-hybridized carbons (Fsp3) is 0.542. The Morgan fingerprint density at radius 1 is 1.25 bits per heavy atom. The van der Waals surface area contributed by atoms with Crippen molar-refractivity contribution in [3.05, 3.63) is 51.6 Å². The Bertz CT molecular complexity index is 972. The molecule has 32 heavy (non-hydrogen) atoms. The number of para-hydroxylation sites is 1. The van der Waals surface area contributed by atoms with Gasteiger partial charge in [0.15, 0.2) is 0 Å². The van der Waals surface area contributed by atoms with Crippen molar-refractivity contribution >= 4 is 17.7 Å². The molecule has 8 heteroatoms. The third-order valence-electron chi connectivity index (χ3n) is 5.98. The molecule has 0 bridgehead atoms. The van der Waals surface area contributed by atoms with Gasteiger partial charge >= 0.3 is 5.69 Å². The van der Waals surface area contributed by atoms with Gasteiger partial charge in [0.25, 0.3) is 0 Å². The van der Waals surface area contributed by atoms with E-state index in [2.05, 4.69) is 29.0 Å². The van der Waals surface area contributed by atoms with Gasteiger partial charge in [-0.05, 0) is 50.4 Å². The van der Waals surface area contributed by atoms with Crippen LogP contribution in [0.2, 0.25) is 0 Å². The maximum Gasteiger partial charge on any atom is 0.348 e. The first-order chi connectivity index (χ1) is 15.6. The highest BCUT2D eigenvalue weighted by atomic mass is 32.2. The molecule has 0 aliphatic heterocycles. The number of carbonyl (C=O) groups is 1. The van der Waals surface area contributed by atoms with Gasteiger partial charge in [-0.15, -0.1) is 0 Å². The molecule has 0 saturated heterocycles. The molecule has 3 rings (SSSR count). The van der Waals surface area contributed by atoms with Gasteiger partial charge in [0, 0.05) is 30.9 Å². The molecule has 0 unspecified atom stereocenters. The Morgan fingerprint density at radius 3 is 2.78 bits per heavy atom. The summed E-state index contributed by atoms with van der Waals surface area (Å²) in [6.07, 6.45) is 3.57. The minimum absolute atomic E-state index is 0.0517. The molecule has 7 nitrogen and oxygen atoms in total. The summed E-state index contributed by atoms with van der Waals surface area (Å²) in [6, 6.07) is 7.82. The Balaban J connectivity index is 1.57. The molecular weight excluding hydrogens is 424 g/mol. The van der Waals surface area contributed by atoms with E-state index in [0.717, 1.165) is 66.5 Å². The predicted molar refractivity (Wildman–Crippen MR) is 129 cm³/mol. The van der Waals surface area contributed by atoms with Gasteiger partial charge in [0.05, 0.1) is 12.9 Å². The topological polar surface area (TPSA) is 76.5 Å². The van der Waals surface area contributed by atoms with Crippen LogP contribution in [0.5, 0.6) is 5.75 Å². The fourth-order valence-corrected chi connectivity index (χ4v) is 5.06. The molecule has 2 aromatic rings. The van der Waals surface area contributed by atoms with Gasteiger partial charge in [-0.2, -0.15) is 4.98 Å². The number of aromatic nitrogens is 2. The molecule has 0 atom stereocenters. The minimum Gasteiger partial charge on any atom is -0.496 e. The number of thioether (sulfide) groups is 1. The predicted octanol–water partition coefficient (Wildman–Crippen LogP) is 2.53. The van der Waals surface area contributed by atoms with E-state index in [1.165, 1.54) is 11.8 Å². The highest BCUT2D eigenvalue weighted by Crippen LogP contribution is 2.29. The molecule has 1 N–H and O–H groups in total. The number of likely N-dealkylation sites (N-methyl/N-ethyl adjacent to an activating group) is 1. The second-order valence-corrected chi connectivity index (χ2v) is 8.82. The van der Waals surface area contributed by atoms with Gasteiger partial charge in [-0.3, -0.25) is 9.36 Å². The third kappa shape index (κ3) is 6.13. The monoisotopic (exact) mass is 458 g/mol. The first-order valence-electron chi connectivity index (χ1n) is 11.4. The van der Waals surface area contributed by atoms with Crippen LogP contribution in [0, 0.1) is 0 Å². The molecule has 1 amide bonds. The van der Waals surface area contributed by atoms with Gasteiger partial charge in [-0.1, -0.05) is 43.8 Å². The van der Waals surface area contributed by atoms with E-state index in [-0.39, 0.29) is 17.3 Å². The zero-order valence-electron chi connectivity index (χ0n) is 19.4. The van der Waals surface area contributed by atoms with Crippen LogP contribution in [0.15, 0.2) is 34.1 Å². The maximum atomic E-state index is 12.7. The lowest BCUT2D eigenvalue weighted by Crippen LogP contribution is -2.34. The minimum atomic E-state index is -0.197. The molecule has 1 heterocycles. The molecule has 1 aromatic heterocycles. The van der Waals surface area contributed by atoms with Crippen molar-refractivity contribution in [3.63, 3.8) is 0 Å². The summed E-state index contributed by atoms with van der Waals surface area (Å²) in [5.74, 6) is 1.04. The Kier molecular flexibility index (Phi) is 9.17. The zero-order chi connectivity index (χ0) is 22.9. The summed E-state index contributed by atoms with van der Waals surface area (Å²) in [5, 5.41) is 3.68. The van der Waals surface area contributed by atoms with Crippen molar-refractivity contribution in [2.75, 3.05) is 39.0 Å². The molecule has 0 saturated carbocycles. The average molecular weight is 459 g/mol. The quantitative estimate of drug-likeness (QED) is 0.389. The van der Waals surface area contributed by atoms with Crippen LogP contribution in [-0.4, -0.2) is 59.4 Å². The van der Waals surface area contributed by atoms with Gasteiger partial charge in [0.2, 0.25) is 5.91 Å². The van der Waals surface area contributed by atoms with Crippen molar-refractivity contribution in [1.29, 1.82) is 0 Å². The number of nitrogens with zero attached hydrogens (tertiary/aromatic N) is 3. The number of benzene rings is 1. The Labute approximate surface area is 194 Å². The van der Waals surface area contributed by atoms with E-state index in [9.17, 15) is 9.59 Å². The Hall–Kier alpha value is -2.32. The first-order valence-corrected chi connectivity index (χ1v) is 12.4. The second kappa shape index (κ2) is 12.1. The first kappa shape index (κ1) is 24.3. The van der Waals surface area contributed by atoms with Crippen molar-refractivity contribution in [2.24, 2.45) is 0 Å². The zero-order valence-corrected chi connectivity index (χ0v) is 20.2. The van der Waals surface area contributed by atoms with Crippen LogP contribution in [0.4, 0.5) is 0 Å². The van der Waals surface area contributed by atoms with Gasteiger partial charge in [0.1, 0.15) is 10.8 Å². The standard InChI is InChI=1S/C24H34N4O3S/c1-4-27(5-2)15-16-28-20-11-8-10-19(20)23(26-24(28)30)32-17-22(29)25-14-13-18-9-6-7-12-21(18)31-3/h6-7,9,12H,4-5,8,10-11,13-17H2,1-3H3,(H,25,29). The number of rotatable bonds is 12. The SMILES string of the molecule is CCN(CC)CCn1c2c(c(SCC(=O)NCCc3ccccc3OC)nc1=O)CCC2. The highest BCUT2D eigenvalue weighted by Gasteiger charge is 2.22. The largest absolute Gasteiger partial charge is 0.496 e. The van der Waals surface area contributed by atoms with E-state index >= 15 is 0 Å². The van der Waals surface area contributed by atoms with Crippen molar-refractivity contribution in [2.45, 2.75) is 51.1 Å². The van der Waals surface area contributed by atoms with Crippen LogP contribution in [-0.2, 0) is 30.6 Å². The van der Waals surface area contributed by atoms with Gasteiger partial charge < -0.3 is 15.0 Å². The molecule has 174 valence electrons. The maximum absolute atomic E-state index is 12.7. The van der Waals surface area contributed by atoms with Crippen molar-refractivity contribution in [1.82, 2.24) is 19.8 Å². The lowest BCUT2D eigenvalue weighted by molar-refractivity contribution is -0.118. The van der Waals surface area contributed by atoms with Gasteiger partial charge in [-0.25, -0.2) is 4.79 Å². The molecule has 0 spiro atoms. The third-order valence-corrected chi connectivity index (χ3v) is 7.00. The average Bonchev–Trinajstić information content (AvgIpc) is 3.30. The number of nitrogens with one attached hydrogen (secondary N) is 1. The number of ether oxygens (including phenoxy) is 1. The van der Waals surface area contributed by atoms with E-state index in [1.807, 2.05) is 28.8 Å². The molecule has 0 fully saturated rings. The molecule has 1 aliphatic carbocycles. The highest BCUT2D eigenvalue weighted by molar-refractivity contribution is 7.99. The number of methoxy groups -OCH3 is 1. The van der Waals surface area contributed by atoms with E-state index < -0.39 is 0 Å². The second-order valence-electron chi connectivity index (χ2n) is 7.86. The molecule has 0 radical (unpaired) electrons. The van der Waals surface area contributed by atoms with Crippen molar-refractivity contribution in [3.8, 4) is 5.75 Å². The summed E-state index contributed by atoms with van der Waals surface area (Å²) in [7, 11) is 1.65. The molecule has 1 aromatic carbocycles. The van der Waals surface area contributed by atoms with E-state index in [0.29, 0.717) is 19.5 Å². The number of carbonyl (C=O) groups excluding carboxylic acids is 1. The van der Waals surface area contributed by atoms with Crippen LogP contribution in [0.1, 0.15) is 37.1 Å². The van der Waals surface area contributed by atoms with Crippen LogP contribution >= 0.6 is 11.8 Å². The smallest absolute Gasteiger partial charge is 0.348 e. The Morgan fingerprint density at radius 2 is 2.03 bits per heavy atom. The van der Waals surface area contributed by atoms with E-state index in [1.54, 1.807) is 7.11 Å². The number of amides is 1. The summed E-state index contributed by atoms with van der Waals surface area (Å²) >= 11 is 1.37. The van der Waals surface area contributed by atoms with Crippen molar-refractivity contribution < 1.29 is 9.53 Å². The summed E-state index contributed by atoms with van der Waals surface area (Å²) in [5.41, 5.74) is 3.12. The normalized spacial score (nSPS) is 12.8. The van der Waals surface area contributed by atoms with E-state index in [4.69, 9.17) is 4.74 Å². The molecular formula is C24H34N4O3S. The lowest BCUT2D eigenvalue weighted by atomic mass is 10.1. The number of fused-ring (bicyclic) bond motifs is 1. The number of hydrogen-bond donors (Lipinski definition) is 1. The lowest BCUT2D eigenvalue weighted by Gasteiger charge is -2.20. The fourth-order valence-electron chi connectivity index (χ4n) is 4.15. The van der Waals surface area contributed by atoms with Crippen LogP contribution in [0.25, 0.3) is 0 Å². The number of hydrogen-bond acceptors (Lipinski definition) is 6. The summed E-state index contributed by atoms with van der Waals surface area (Å²) in [4.78, 5) is 31.8. The summed E-state index contributed by atoms with van der Waals surface area (Å²) < 4.78 is 7.20. The van der Waals surface area contributed by atoms with Crippen LogP contribution in [0.3, 0.4) is 0 Å². The molecule has 1 aliphatic rings.